The first kappa shape index (κ1) is 20.5. The average molecular weight is 439 g/mol. The number of Topliss-reactive ketones (excluding diaryl/α,β-unsaturated/α-hetero) is 1. The molecule has 0 amide bonds. The number of halogens is 1. The van der Waals surface area contributed by atoms with E-state index >= 15 is 0 Å². The lowest BCUT2D eigenvalue weighted by Gasteiger charge is -2.21. The SMILES string of the molecule is O=C1C=C(N2CC2)C(=O)C(N2CC2)=C1N1CC1.O=P(O)(O)OOc1ccccc1F. The van der Waals surface area contributed by atoms with E-state index < -0.39 is 13.6 Å². The highest BCUT2D eigenvalue weighted by Crippen LogP contribution is 2.37. The van der Waals surface area contributed by atoms with Crippen LogP contribution in [0.3, 0.4) is 0 Å². The molecule has 4 aliphatic rings. The molecule has 1 aliphatic carbocycles. The van der Waals surface area contributed by atoms with Crippen molar-refractivity contribution >= 4 is 19.4 Å². The van der Waals surface area contributed by atoms with Crippen molar-refractivity contribution in [2.24, 2.45) is 0 Å². The minimum atomic E-state index is -4.74. The lowest BCUT2D eigenvalue weighted by Crippen LogP contribution is -2.29. The van der Waals surface area contributed by atoms with Crippen molar-refractivity contribution < 1.29 is 37.9 Å². The minimum absolute atomic E-state index is 0.00546. The Morgan fingerprint density at radius 1 is 0.900 bits per heavy atom. The van der Waals surface area contributed by atoms with Crippen LogP contribution in [0.25, 0.3) is 0 Å². The van der Waals surface area contributed by atoms with E-state index in [9.17, 15) is 18.5 Å². The summed E-state index contributed by atoms with van der Waals surface area (Å²) in [6.07, 6.45) is 1.52. The van der Waals surface area contributed by atoms with E-state index in [1.807, 2.05) is 14.7 Å². The summed E-state index contributed by atoms with van der Waals surface area (Å²) in [5.41, 5.74) is 1.89. The second-order valence-electron chi connectivity index (χ2n) is 6.96. The van der Waals surface area contributed by atoms with Gasteiger partial charge in [0.15, 0.2) is 5.82 Å². The second-order valence-corrected chi connectivity index (χ2v) is 8.09. The summed E-state index contributed by atoms with van der Waals surface area (Å²) < 4.78 is 26.5. The van der Waals surface area contributed by atoms with E-state index in [4.69, 9.17) is 9.79 Å². The number of para-hydroxylation sites is 1. The number of carbonyl (C=O) groups is 2. The monoisotopic (exact) mass is 439 g/mol. The van der Waals surface area contributed by atoms with Crippen molar-refractivity contribution in [2.45, 2.75) is 0 Å². The summed E-state index contributed by atoms with van der Waals surface area (Å²) >= 11 is 0. The Morgan fingerprint density at radius 3 is 2.00 bits per heavy atom. The number of allylic oxidation sites excluding steroid dienone is 1. The van der Waals surface area contributed by atoms with Crippen LogP contribution in [0.4, 0.5) is 4.39 Å². The Balaban J connectivity index is 0.000000152. The van der Waals surface area contributed by atoms with Gasteiger partial charge in [0.1, 0.15) is 11.4 Å². The highest BCUT2D eigenvalue weighted by molar-refractivity contribution is 7.46. The third-order valence-electron chi connectivity index (χ3n) is 4.55. The maximum Gasteiger partial charge on any atom is 0.505 e. The topological polar surface area (TPSA) is 119 Å². The first-order valence-electron chi connectivity index (χ1n) is 9.21. The molecule has 0 spiro atoms. The Labute approximate surface area is 170 Å². The van der Waals surface area contributed by atoms with Gasteiger partial charge in [0, 0.05) is 45.3 Å². The summed E-state index contributed by atoms with van der Waals surface area (Å²) in [7, 11) is -4.74. The summed E-state index contributed by atoms with van der Waals surface area (Å²) in [6, 6.07) is 5.07. The summed E-state index contributed by atoms with van der Waals surface area (Å²) in [6.45, 7) is 5.41. The zero-order chi connectivity index (χ0) is 21.5. The molecule has 0 saturated carbocycles. The number of carbonyl (C=O) groups excluding carboxylic acids is 2. The summed E-state index contributed by atoms with van der Waals surface area (Å²) in [5, 5.41) is 0. The molecule has 0 aromatic heterocycles. The number of nitrogens with zero attached hydrogens (tertiary/aromatic N) is 3. The molecule has 0 atom stereocenters. The van der Waals surface area contributed by atoms with E-state index in [0.29, 0.717) is 17.1 Å². The van der Waals surface area contributed by atoms with Crippen molar-refractivity contribution in [1.82, 2.24) is 14.7 Å². The Bertz CT molecular complexity index is 993. The van der Waals surface area contributed by atoms with E-state index in [1.165, 1.54) is 24.3 Å². The quantitative estimate of drug-likeness (QED) is 0.212. The van der Waals surface area contributed by atoms with Crippen LogP contribution in [0.5, 0.6) is 5.75 Å². The van der Waals surface area contributed by atoms with Gasteiger partial charge in [-0.3, -0.25) is 9.59 Å². The van der Waals surface area contributed by atoms with Gasteiger partial charge in [0.25, 0.3) is 0 Å². The second kappa shape index (κ2) is 7.84. The first-order chi connectivity index (χ1) is 14.2. The third-order valence-corrected chi connectivity index (χ3v) is 4.82. The molecule has 12 heteroatoms. The molecule has 3 saturated heterocycles. The van der Waals surface area contributed by atoms with E-state index in [-0.39, 0.29) is 17.3 Å². The highest BCUT2D eigenvalue weighted by Gasteiger charge is 2.43. The fourth-order valence-corrected chi connectivity index (χ4v) is 3.05. The maximum absolute atomic E-state index is 12.7. The molecule has 160 valence electrons. The molecule has 5 rings (SSSR count). The number of ketones is 2. The van der Waals surface area contributed by atoms with Crippen LogP contribution < -0.4 is 4.89 Å². The van der Waals surface area contributed by atoms with Crippen LogP contribution in [0.1, 0.15) is 0 Å². The molecule has 2 N–H and O–H groups in total. The van der Waals surface area contributed by atoms with Gasteiger partial charge in [0.2, 0.25) is 17.3 Å². The van der Waals surface area contributed by atoms with Gasteiger partial charge in [-0.2, -0.15) is 0 Å². The van der Waals surface area contributed by atoms with Gasteiger partial charge < -0.3 is 29.4 Å². The predicted octanol–water partition coefficient (Wildman–Crippen LogP) is 0.409. The Kier molecular flexibility index (Phi) is 5.37. The average Bonchev–Trinajstić information content (AvgIpc) is 3.55. The molecule has 3 aliphatic heterocycles. The molecular weight excluding hydrogens is 420 g/mol. The largest absolute Gasteiger partial charge is 0.505 e. The van der Waals surface area contributed by atoms with Crippen molar-refractivity contribution in [3.8, 4) is 5.75 Å². The van der Waals surface area contributed by atoms with Crippen molar-refractivity contribution in [3.63, 3.8) is 0 Å². The van der Waals surface area contributed by atoms with Gasteiger partial charge in [-0.15, -0.1) is 0 Å². The van der Waals surface area contributed by atoms with Crippen LogP contribution in [0.2, 0.25) is 0 Å². The maximum atomic E-state index is 12.7. The molecule has 30 heavy (non-hydrogen) atoms. The van der Waals surface area contributed by atoms with E-state index in [1.54, 1.807) is 0 Å². The molecule has 3 heterocycles. The van der Waals surface area contributed by atoms with E-state index in [2.05, 4.69) is 9.56 Å². The number of phosphoric acid groups is 1. The van der Waals surface area contributed by atoms with Crippen LogP contribution in [-0.2, 0) is 18.8 Å². The van der Waals surface area contributed by atoms with E-state index in [0.717, 1.165) is 45.3 Å². The van der Waals surface area contributed by atoms with Crippen LogP contribution >= 0.6 is 7.82 Å². The van der Waals surface area contributed by atoms with Crippen molar-refractivity contribution in [2.75, 3.05) is 39.3 Å². The smallest absolute Gasteiger partial charge is 0.365 e. The van der Waals surface area contributed by atoms with Crippen molar-refractivity contribution in [3.05, 3.63) is 53.2 Å². The third kappa shape index (κ3) is 4.88. The normalized spacial score (nSPS) is 20.0. The van der Waals surface area contributed by atoms with Gasteiger partial charge in [-0.1, -0.05) is 16.8 Å². The van der Waals surface area contributed by atoms with Crippen molar-refractivity contribution in [1.29, 1.82) is 0 Å². The van der Waals surface area contributed by atoms with Crippen LogP contribution in [-0.4, -0.2) is 75.3 Å². The molecule has 1 aromatic rings. The fraction of sp³-hybridized carbons (Fsp3) is 0.333. The fourth-order valence-electron chi connectivity index (χ4n) is 2.88. The summed E-state index contributed by atoms with van der Waals surface area (Å²) in [4.78, 5) is 51.0. The predicted molar refractivity (Wildman–Crippen MR) is 100.0 cm³/mol. The zero-order valence-corrected chi connectivity index (χ0v) is 16.6. The highest BCUT2D eigenvalue weighted by atomic mass is 31.2. The van der Waals surface area contributed by atoms with Crippen LogP contribution in [0, 0.1) is 5.82 Å². The molecular formula is C18H19FN3O7P. The molecule has 3 fully saturated rings. The molecule has 0 unspecified atom stereocenters. The van der Waals surface area contributed by atoms with Gasteiger partial charge >= 0.3 is 7.82 Å². The lowest BCUT2D eigenvalue weighted by atomic mass is 10.0. The number of rotatable bonds is 6. The van der Waals surface area contributed by atoms with Gasteiger partial charge in [-0.05, 0) is 12.1 Å². The summed E-state index contributed by atoms with van der Waals surface area (Å²) in [5.74, 6) is -1.10. The first-order valence-corrected chi connectivity index (χ1v) is 10.7. The zero-order valence-electron chi connectivity index (χ0n) is 15.7. The molecule has 0 bridgehead atoms. The number of hydrogen-bond acceptors (Lipinski definition) is 8. The number of hydrogen-bond donors (Lipinski definition) is 2. The van der Waals surface area contributed by atoms with Gasteiger partial charge in [0.05, 0.1) is 5.70 Å². The number of benzene rings is 1. The van der Waals surface area contributed by atoms with Gasteiger partial charge in [-0.25, -0.2) is 8.96 Å². The van der Waals surface area contributed by atoms with Crippen LogP contribution in [0.15, 0.2) is 47.4 Å². The Morgan fingerprint density at radius 2 is 1.47 bits per heavy atom. The molecule has 10 nitrogen and oxygen atoms in total. The standard InChI is InChI=1S/C12H13N3O2.C6H6FO5P/c16-9-7-8(13-1-2-13)12(17)11(15-5-6-15)10(9)14-3-4-14;7-5-3-1-2-4-6(5)11-12-13(8,9)10/h7H,1-6H2;1-4H,(H2,8,9,10). The minimum Gasteiger partial charge on any atom is -0.365 e. The Hall–Kier alpha value is -2.72. The molecule has 0 radical (unpaired) electrons. The molecule has 1 aromatic carbocycles. The lowest BCUT2D eigenvalue weighted by molar-refractivity contribution is -0.125.